The number of carbonyl (C=O) groups excluding carboxylic acids is 1. The van der Waals surface area contributed by atoms with Gasteiger partial charge in [0.15, 0.2) is 0 Å². The molecule has 0 saturated carbocycles. The molecule has 0 saturated heterocycles. The monoisotopic (exact) mass is 299 g/mol. The van der Waals surface area contributed by atoms with Gasteiger partial charge in [-0.25, -0.2) is 8.42 Å². The maximum Gasteiger partial charge on any atom is 0.243 e. The van der Waals surface area contributed by atoms with E-state index in [1.165, 1.54) is 24.3 Å². The molecule has 0 spiro atoms. The molecule has 112 valence electrons. The van der Waals surface area contributed by atoms with Crippen molar-refractivity contribution < 1.29 is 13.2 Å². The minimum Gasteiger partial charge on any atom is -0.326 e. The number of benzene rings is 1. The van der Waals surface area contributed by atoms with Crippen LogP contribution in [0.4, 0.5) is 5.69 Å². The number of likely N-dealkylation sites (N-methyl/N-ethyl adjacent to an activating group) is 2. The number of amides is 1. The third kappa shape index (κ3) is 4.03. The van der Waals surface area contributed by atoms with Gasteiger partial charge in [0.2, 0.25) is 15.9 Å². The van der Waals surface area contributed by atoms with Crippen LogP contribution in [0.25, 0.3) is 0 Å². The number of hydrogen-bond acceptors (Lipinski definition) is 4. The Kier molecular flexibility index (Phi) is 5.67. The Morgan fingerprint density at radius 1 is 1.35 bits per heavy atom. The van der Waals surface area contributed by atoms with E-state index in [-0.39, 0.29) is 10.8 Å². The first-order chi connectivity index (χ1) is 9.28. The zero-order valence-corrected chi connectivity index (χ0v) is 13.0. The maximum absolute atomic E-state index is 12.5. The van der Waals surface area contributed by atoms with Crippen LogP contribution in [0.2, 0.25) is 0 Å². The number of nitrogens with one attached hydrogen (secondary N) is 2. The van der Waals surface area contributed by atoms with Crippen molar-refractivity contribution >= 4 is 21.6 Å². The lowest BCUT2D eigenvalue weighted by Gasteiger charge is -2.19. The van der Waals surface area contributed by atoms with Gasteiger partial charge in [0, 0.05) is 32.7 Å². The molecular formula is C13H21N3O3S. The summed E-state index contributed by atoms with van der Waals surface area (Å²) in [4.78, 5) is 11.3. The molecule has 6 nitrogen and oxygen atoms in total. The van der Waals surface area contributed by atoms with Crippen LogP contribution in [-0.4, -0.2) is 45.8 Å². The topological polar surface area (TPSA) is 78.5 Å². The van der Waals surface area contributed by atoms with Crippen molar-refractivity contribution in [2.45, 2.75) is 18.7 Å². The third-order valence-corrected chi connectivity index (χ3v) is 4.87. The first-order valence-electron chi connectivity index (χ1n) is 6.28. The maximum atomic E-state index is 12.5. The van der Waals surface area contributed by atoms with Gasteiger partial charge in [-0.2, -0.15) is 4.31 Å². The standard InChI is InChI=1S/C13H21N3O3S/c1-10-5-6-12(15-11(2)17)9-13(10)20(18,19)16(4)8-7-14-3/h5-6,9,14H,7-8H2,1-4H3,(H,15,17). The highest BCUT2D eigenvalue weighted by Crippen LogP contribution is 2.22. The van der Waals surface area contributed by atoms with Crippen LogP contribution in [0.3, 0.4) is 0 Å². The molecule has 1 rings (SSSR count). The quantitative estimate of drug-likeness (QED) is 0.814. The molecule has 0 aliphatic rings. The molecule has 0 atom stereocenters. The SMILES string of the molecule is CNCCN(C)S(=O)(=O)c1cc(NC(C)=O)ccc1C. The van der Waals surface area contributed by atoms with Gasteiger partial charge >= 0.3 is 0 Å². The van der Waals surface area contributed by atoms with Gasteiger partial charge < -0.3 is 10.6 Å². The van der Waals surface area contributed by atoms with Crippen LogP contribution < -0.4 is 10.6 Å². The van der Waals surface area contributed by atoms with Crippen LogP contribution in [-0.2, 0) is 14.8 Å². The number of carbonyl (C=O) groups is 1. The lowest BCUT2D eigenvalue weighted by atomic mass is 10.2. The fourth-order valence-corrected chi connectivity index (χ4v) is 3.13. The zero-order chi connectivity index (χ0) is 15.3. The van der Waals surface area contributed by atoms with Gasteiger partial charge in [0.25, 0.3) is 0 Å². The second-order valence-corrected chi connectivity index (χ2v) is 6.60. The van der Waals surface area contributed by atoms with Crippen molar-refractivity contribution in [1.82, 2.24) is 9.62 Å². The van der Waals surface area contributed by atoms with Crippen molar-refractivity contribution in [3.8, 4) is 0 Å². The van der Waals surface area contributed by atoms with E-state index in [0.717, 1.165) is 0 Å². The van der Waals surface area contributed by atoms with Crippen molar-refractivity contribution in [3.63, 3.8) is 0 Å². The lowest BCUT2D eigenvalue weighted by molar-refractivity contribution is -0.114. The van der Waals surface area contributed by atoms with E-state index >= 15 is 0 Å². The van der Waals surface area contributed by atoms with E-state index in [1.807, 2.05) is 0 Å². The predicted octanol–water partition coefficient (Wildman–Crippen LogP) is 0.793. The highest BCUT2D eigenvalue weighted by molar-refractivity contribution is 7.89. The molecule has 0 aliphatic carbocycles. The minimum absolute atomic E-state index is 0.211. The van der Waals surface area contributed by atoms with Gasteiger partial charge in [-0.15, -0.1) is 0 Å². The highest BCUT2D eigenvalue weighted by atomic mass is 32.2. The van der Waals surface area contributed by atoms with E-state index in [1.54, 1.807) is 26.1 Å². The number of sulfonamides is 1. The Balaban J connectivity index is 3.13. The van der Waals surface area contributed by atoms with Gasteiger partial charge in [-0.05, 0) is 31.7 Å². The number of rotatable bonds is 6. The number of hydrogen-bond donors (Lipinski definition) is 2. The first kappa shape index (κ1) is 16.6. The molecule has 7 heteroatoms. The average molecular weight is 299 g/mol. The van der Waals surface area contributed by atoms with Crippen LogP contribution in [0.5, 0.6) is 0 Å². The molecule has 20 heavy (non-hydrogen) atoms. The number of nitrogens with zero attached hydrogens (tertiary/aromatic N) is 1. The lowest BCUT2D eigenvalue weighted by Crippen LogP contribution is -2.33. The molecule has 0 aromatic heterocycles. The number of aryl methyl sites for hydroxylation is 1. The summed E-state index contributed by atoms with van der Waals surface area (Å²) in [5, 5.41) is 5.50. The highest BCUT2D eigenvalue weighted by Gasteiger charge is 2.22. The average Bonchev–Trinajstić information content (AvgIpc) is 2.37. The minimum atomic E-state index is -3.56. The van der Waals surface area contributed by atoms with Crippen molar-refractivity contribution in [1.29, 1.82) is 0 Å². The van der Waals surface area contributed by atoms with Crippen molar-refractivity contribution in [2.75, 3.05) is 32.5 Å². The molecule has 1 aromatic rings. The van der Waals surface area contributed by atoms with Crippen LogP contribution in [0, 0.1) is 6.92 Å². The largest absolute Gasteiger partial charge is 0.326 e. The van der Waals surface area contributed by atoms with Gasteiger partial charge in [0.1, 0.15) is 0 Å². The summed E-state index contributed by atoms with van der Waals surface area (Å²) in [7, 11) is -0.252. The second kappa shape index (κ2) is 6.83. The van der Waals surface area contributed by atoms with E-state index in [9.17, 15) is 13.2 Å². The Morgan fingerprint density at radius 2 is 2.00 bits per heavy atom. The molecule has 0 radical (unpaired) electrons. The first-order valence-corrected chi connectivity index (χ1v) is 7.72. The Morgan fingerprint density at radius 3 is 2.55 bits per heavy atom. The van der Waals surface area contributed by atoms with Crippen LogP contribution >= 0.6 is 0 Å². The third-order valence-electron chi connectivity index (χ3n) is 2.87. The van der Waals surface area contributed by atoms with E-state index in [0.29, 0.717) is 24.3 Å². The molecule has 0 bridgehead atoms. The Bertz CT molecular complexity index is 585. The van der Waals surface area contributed by atoms with Gasteiger partial charge in [-0.3, -0.25) is 4.79 Å². The summed E-state index contributed by atoms with van der Waals surface area (Å²) < 4.78 is 26.3. The molecule has 1 amide bonds. The van der Waals surface area contributed by atoms with Crippen molar-refractivity contribution in [3.05, 3.63) is 23.8 Å². The summed E-state index contributed by atoms with van der Waals surface area (Å²) in [6.07, 6.45) is 0. The van der Waals surface area contributed by atoms with Gasteiger partial charge in [-0.1, -0.05) is 6.07 Å². The zero-order valence-electron chi connectivity index (χ0n) is 12.2. The second-order valence-electron chi connectivity index (χ2n) is 4.59. The molecule has 0 unspecified atom stereocenters. The van der Waals surface area contributed by atoms with Crippen LogP contribution in [0.15, 0.2) is 23.1 Å². The van der Waals surface area contributed by atoms with Gasteiger partial charge in [0.05, 0.1) is 4.90 Å². The summed E-state index contributed by atoms with van der Waals surface area (Å²) in [5.74, 6) is -0.235. The molecule has 0 aliphatic heterocycles. The molecule has 1 aromatic carbocycles. The van der Waals surface area contributed by atoms with Crippen LogP contribution in [0.1, 0.15) is 12.5 Å². The summed E-state index contributed by atoms with van der Waals surface area (Å²) in [5.41, 5.74) is 1.12. The van der Waals surface area contributed by atoms with E-state index in [2.05, 4.69) is 10.6 Å². The molecule has 0 fully saturated rings. The van der Waals surface area contributed by atoms with E-state index < -0.39 is 10.0 Å². The molecular weight excluding hydrogens is 278 g/mol. The summed E-state index contributed by atoms with van der Waals surface area (Å²) in [6, 6.07) is 4.86. The smallest absolute Gasteiger partial charge is 0.243 e. The fourth-order valence-electron chi connectivity index (χ4n) is 1.72. The van der Waals surface area contributed by atoms with Crippen molar-refractivity contribution in [2.24, 2.45) is 0 Å². The summed E-state index contributed by atoms with van der Waals surface area (Å²) >= 11 is 0. The molecule has 0 heterocycles. The summed E-state index contributed by atoms with van der Waals surface area (Å²) in [6.45, 7) is 4.06. The Labute approximate surface area is 120 Å². The molecule has 2 N–H and O–H groups in total. The predicted molar refractivity (Wildman–Crippen MR) is 79.2 cm³/mol. The Hall–Kier alpha value is -1.44. The normalized spacial score (nSPS) is 11.7. The van der Waals surface area contributed by atoms with E-state index in [4.69, 9.17) is 0 Å². The number of anilines is 1. The fraction of sp³-hybridized carbons (Fsp3) is 0.462.